The Balaban J connectivity index is 2.01. The molecule has 0 heterocycles. The summed E-state index contributed by atoms with van der Waals surface area (Å²) in [6.07, 6.45) is 3.33. The van der Waals surface area contributed by atoms with E-state index in [4.69, 9.17) is 0 Å². The van der Waals surface area contributed by atoms with Gasteiger partial charge in [0.15, 0.2) is 0 Å². The van der Waals surface area contributed by atoms with E-state index in [0.29, 0.717) is 5.92 Å². The van der Waals surface area contributed by atoms with Crippen molar-refractivity contribution in [1.82, 2.24) is 0 Å². The second-order valence-corrected chi connectivity index (χ2v) is 4.72. The maximum absolute atomic E-state index is 11.2. The minimum atomic E-state index is -0.608. The molecule has 1 N–H and O–H groups in total. The third-order valence-corrected chi connectivity index (χ3v) is 4.19. The molecule has 2 aliphatic carbocycles. The Labute approximate surface area is 88.9 Å². The number of benzene rings is 1. The summed E-state index contributed by atoms with van der Waals surface area (Å²) >= 11 is 0. The Bertz CT molecular complexity index is 398. The first-order chi connectivity index (χ1) is 7.27. The van der Waals surface area contributed by atoms with Crippen molar-refractivity contribution >= 4 is 5.97 Å². The quantitative estimate of drug-likeness (QED) is 0.799. The molecule has 0 amide bonds. The van der Waals surface area contributed by atoms with Gasteiger partial charge in [-0.3, -0.25) is 4.79 Å². The highest BCUT2D eigenvalue weighted by Gasteiger charge is 2.70. The molecule has 0 bridgehead atoms. The largest absolute Gasteiger partial charge is 0.481 e. The second-order valence-electron chi connectivity index (χ2n) is 4.72. The third kappa shape index (κ3) is 1.02. The molecule has 15 heavy (non-hydrogen) atoms. The zero-order valence-electron chi connectivity index (χ0n) is 8.52. The normalized spacial score (nSPS) is 37.3. The Morgan fingerprint density at radius 1 is 1.33 bits per heavy atom. The van der Waals surface area contributed by atoms with Crippen molar-refractivity contribution in [3.05, 3.63) is 35.9 Å². The number of carboxylic acid groups (broad SMARTS) is 1. The van der Waals surface area contributed by atoms with Crippen molar-refractivity contribution in [3.63, 3.8) is 0 Å². The molecule has 2 aliphatic rings. The van der Waals surface area contributed by atoms with Crippen molar-refractivity contribution in [2.24, 2.45) is 11.8 Å². The maximum atomic E-state index is 11.2. The topological polar surface area (TPSA) is 37.3 Å². The fourth-order valence-corrected chi connectivity index (χ4v) is 3.58. The number of aliphatic carboxylic acids is 1. The molecule has 2 heteroatoms. The average molecular weight is 202 g/mol. The molecule has 3 rings (SSSR count). The zero-order chi connectivity index (χ0) is 10.5. The molecule has 0 spiro atoms. The molecular weight excluding hydrogens is 188 g/mol. The van der Waals surface area contributed by atoms with Gasteiger partial charge in [-0.05, 0) is 24.3 Å². The van der Waals surface area contributed by atoms with Crippen LogP contribution in [0.2, 0.25) is 0 Å². The molecule has 1 aromatic carbocycles. The van der Waals surface area contributed by atoms with Gasteiger partial charge in [0.25, 0.3) is 0 Å². The maximum Gasteiger partial charge on any atom is 0.307 e. The van der Waals surface area contributed by atoms with Crippen LogP contribution in [0.15, 0.2) is 30.3 Å². The Kier molecular flexibility index (Phi) is 1.70. The Hall–Kier alpha value is -1.31. The summed E-state index contributed by atoms with van der Waals surface area (Å²) in [6, 6.07) is 10.2. The predicted molar refractivity (Wildman–Crippen MR) is 56.6 cm³/mol. The van der Waals surface area contributed by atoms with Crippen LogP contribution in [0.4, 0.5) is 0 Å². The van der Waals surface area contributed by atoms with Crippen LogP contribution in [-0.2, 0) is 10.2 Å². The van der Waals surface area contributed by atoms with Crippen LogP contribution in [0.5, 0.6) is 0 Å². The number of carbonyl (C=O) groups is 1. The van der Waals surface area contributed by atoms with Gasteiger partial charge >= 0.3 is 5.97 Å². The molecule has 2 fully saturated rings. The van der Waals surface area contributed by atoms with Crippen molar-refractivity contribution in [3.8, 4) is 0 Å². The highest BCUT2D eigenvalue weighted by atomic mass is 16.4. The summed E-state index contributed by atoms with van der Waals surface area (Å²) in [6.45, 7) is 0. The van der Waals surface area contributed by atoms with Gasteiger partial charge in [-0.1, -0.05) is 36.8 Å². The first-order valence-corrected chi connectivity index (χ1v) is 5.55. The molecule has 0 unspecified atom stereocenters. The van der Waals surface area contributed by atoms with E-state index in [-0.39, 0.29) is 11.3 Å². The lowest BCUT2D eigenvalue weighted by Crippen LogP contribution is -2.14. The van der Waals surface area contributed by atoms with Crippen molar-refractivity contribution in [2.75, 3.05) is 0 Å². The van der Waals surface area contributed by atoms with Gasteiger partial charge in [-0.15, -0.1) is 0 Å². The number of rotatable bonds is 2. The summed E-state index contributed by atoms with van der Waals surface area (Å²) in [7, 11) is 0. The fraction of sp³-hybridized carbons (Fsp3) is 0.462. The van der Waals surface area contributed by atoms with Crippen molar-refractivity contribution < 1.29 is 9.90 Å². The molecule has 78 valence electrons. The van der Waals surface area contributed by atoms with E-state index in [1.807, 2.05) is 18.2 Å². The van der Waals surface area contributed by atoms with E-state index in [2.05, 4.69) is 12.1 Å². The molecular formula is C13H14O2. The van der Waals surface area contributed by atoms with Crippen molar-refractivity contribution in [2.45, 2.75) is 24.7 Å². The van der Waals surface area contributed by atoms with Crippen LogP contribution in [0.3, 0.4) is 0 Å². The average Bonchev–Trinajstić information content (AvgIpc) is 2.72. The molecule has 0 radical (unpaired) electrons. The van der Waals surface area contributed by atoms with Gasteiger partial charge in [0, 0.05) is 5.41 Å². The summed E-state index contributed by atoms with van der Waals surface area (Å²) < 4.78 is 0. The Morgan fingerprint density at radius 2 is 2.07 bits per heavy atom. The first kappa shape index (κ1) is 8.96. The van der Waals surface area contributed by atoms with E-state index in [9.17, 15) is 9.90 Å². The number of hydrogen-bond donors (Lipinski definition) is 1. The van der Waals surface area contributed by atoms with Gasteiger partial charge in [0.2, 0.25) is 0 Å². The summed E-state index contributed by atoms with van der Waals surface area (Å²) in [5, 5.41) is 9.19. The van der Waals surface area contributed by atoms with Gasteiger partial charge < -0.3 is 5.11 Å². The second kappa shape index (κ2) is 2.84. The van der Waals surface area contributed by atoms with E-state index in [1.54, 1.807) is 0 Å². The van der Waals surface area contributed by atoms with E-state index < -0.39 is 5.97 Å². The highest BCUT2D eigenvalue weighted by Crippen LogP contribution is 2.68. The highest BCUT2D eigenvalue weighted by molar-refractivity contribution is 5.78. The van der Waals surface area contributed by atoms with Crippen LogP contribution < -0.4 is 0 Å². The zero-order valence-corrected chi connectivity index (χ0v) is 8.52. The lowest BCUT2D eigenvalue weighted by Gasteiger charge is -2.13. The molecule has 0 saturated heterocycles. The minimum Gasteiger partial charge on any atom is -0.481 e. The summed E-state index contributed by atoms with van der Waals surface area (Å²) in [5.41, 5.74) is 1.23. The third-order valence-electron chi connectivity index (χ3n) is 4.19. The number of carboxylic acids is 1. The lowest BCUT2D eigenvalue weighted by atomic mass is 9.90. The Morgan fingerprint density at radius 3 is 2.67 bits per heavy atom. The first-order valence-electron chi connectivity index (χ1n) is 5.55. The molecule has 2 nitrogen and oxygen atoms in total. The lowest BCUT2D eigenvalue weighted by molar-refractivity contribution is -0.139. The molecule has 2 saturated carbocycles. The fourth-order valence-electron chi connectivity index (χ4n) is 3.58. The summed E-state index contributed by atoms with van der Waals surface area (Å²) in [4.78, 5) is 11.2. The molecule has 0 aliphatic heterocycles. The monoisotopic (exact) mass is 202 g/mol. The van der Waals surface area contributed by atoms with Gasteiger partial charge in [-0.2, -0.15) is 0 Å². The number of fused-ring (bicyclic) bond motifs is 1. The smallest absolute Gasteiger partial charge is 0.307 e. The predicted octanol–water partition coefficient (Wildman–Crippen LogP) is 2.44. The summed E-state index contributed by atoms with van der Waals surface area (Å²) in [5.74, 6) is -0.324. The van der Waals surface area contributed by atoms with Crippen LogP contribution in [0.1, 0.15) is 24.8 Å². The molecule has 0 aromatic heterocycles. The van der Waals surface area contributed by atoms with Gasteiger partial charge in [-0.25, -0.2) is 0 Å². The van der Waals surface area contributed by atoms with Crippen LogP contribution in [0, 0.1) is 11.8 Å². The van der Waals surface area contributed by atoms with Crippen LogP contribution in [-0.4, -0.2) is 11.1 Å². The van der Waals surface area contributed by atoms with Gasteiger partial charge in [0.1, 0.15) is 0 Å². The SMILES string of the molecule is O=C(O)[C@@H]1[C@@H]2CCC[C@@]12c1ccccc1. The molecule has 1 aromatic rings. The molecule has 3 atom stereocenters. The van der Waals surface area contributed by atoms with Gasteiger partial charge in [0.05, 0.1) is 5.92 Å². The standard InChI is InChI=1S/C13H14O2/c14-12(15)11-10-7-4-8-13(10,11)9-5-2-1-3-6-9/h1-3,5-6,10-11H,4,7-8H2,(H,14,15)/t10-,11-,13-/m0/s1. The van der Waals surface area contributed by atoms with Crippen LogP contribution >= 0.6 is 0 Å². The van der Waals surface area contributed by atoms with Crippen molar-refractivity contribution in [1.29, 1.82) is 0 Å². The minimum absolute atomic E-state index is 0.00685. The van der Waals surface area contributed by atoms with Crippen LogP contribution in [0.25, 0.3) is 0 Å². The number of hydrogen-bond acceptors (Lipinski definition) is 1. The van der Waals surface area contributed by atoms with E-state index in [0.717, 1.165) is 12.8 Å². The van der Waals surface area contributed by atoms with E-state index >= 15 is 0 Å². The van der Waals surface area contributed by atoms with E-state index in [1.165, 1.54) is 12.0 Å².